The molecule has 4 rings (SSSR count). The Balaban J connectivity index is 1.52. The molecule has 0 radical (unpaired) electrons. The Kier molecular flexibility index (Phi) is 6.11. The van der Waals surface area contributed by atoms with Crippen LogP contribution in [0.3, 0.4) is 0 Å². The van der Waals surface area contributed by atoms with E-state index in [4.69, 9.17) is 33.9 Å². The van der Waals surface area contributed by atoms with Gasteiger partial charge in [0.1, 0.15) is 5.65 Å². The fraction of sp³-hybridized carbons (Fsp3) is 0.190. The molecule has 1 aromatic carbocycles. The zero-order chi connectivity index (χ0) is 22.8. The number of nitrogens with zero attached hydrogens (tertiary/aromatic N) is 5. The number of imidazole rings is 1. The van der Waals surface area contributed by atoms with Crippen molar-refractivity contribution in [3.8, 4) is 11.3 Å². The van der Waals surface area contributed by atoms with E-state index in [9.17, 15) is 10.1 Å². The van der Waals surface area contributed by atoms with Gasteiger partial charge in [0.05, 0.1) is 21.3 Å². The minimum atomic E-state index is -0.544. The third-order valence-electron chi connectivity index (χ3n) is 4.83. The number of benzene rings is 1. The number of nitrogen functional groups attached to an aromatic ring is 1. The number of anilines is 2. The van der Waals surface area contributed by atoms with Crippen LogP contribution in [0.25, 0.3) is 16.9 Å². The van der Waals surface area contributed by atoms with Gasteiger partial charge >= 0.3 is 5.69 Å². The van der Waals surface area contributed by atoms with Crippen molar-refractivity contribution >= 4 is 46.3 Å². The second kappa shape index (κ2) is 8.97. The summed E-state index contributed by atoms with van der Waals surface area (Å²) >= 11 is 12.4. The van der Waals surface area contributed by atoms with Crippen LogP contribution >= 0.6 is 23.2 Å². The van der Waals surface area contributed by atoms with Gasteiger partial charge < -0.3 is 11.1 Å². The molecule has 0 fully saturated rings. The number of nitro groups is 1. The van der Waals surface area contributed by atoms with Gasteiger partial charge in [-0.05, 0) is 44.0 Å². The predicted octanol–water partition coefficient (Wildman–Crippen LogP) is 4.94. The van der Waals surface area contributed by atoms with E-state index < -0.39 is 4.92 Å². The molecule has 3 N–H and O–H groups in total. The van der Waals surface area contributed by atoms with Crippen molar-refractivity contribution in [2.24, 2.45) is 0 Å². The summed E-state index contributed by atoms with van der Waals surface area (Å²) in [5.74, 6) is 0.547. The lowest BCUT2D eigenvalue weighted by Crippen LogP contribution is -2.10. The number of hydrogen-bond acceptors (Lipinski definition) is 7. The van der Waals surface area contributed by atoms with Crippen LogP contribution in [0.2, 0.25) is 10.0 Å². The van der Waals surface area contributed by atoms with E-state index in [0.717, 1.165) is 16.9 Å². The van der Waals surface area contributed by atoms with E-state index in [1.54, 1.807) is 18.2 Å². The summed E-state index contributed by atoms with van der Waals surface area (Å²) in [6, 6.07) is 10.1. The molecule has 0 unspecified atom stereocenters. The Morgan fingerprint density at radius 2 is 1.97 bits per heavy atom. The van der Waals surface area contributed by atoms with Gasteiger partial charge in [-0.3, -0.25) is 14.5 Å². The van der Waals surface area contributed by atoms with Gasteiger partial charge in [-0.2, -0.15) is 0 Å². The zero-order valence-corrected chi connectivity index (χ0v) is 18.6. The highest BCUT2D eigenvalue weighted by Crippen LogP contribution is 2.31. The molecule has 0 aliphatic carbocycles. The van der Waals surface area contributed by atoms with Gasteiger partial charge in [-0.15, -0.1) is 0 Å². The quantitative estimate of drug-likeness (QED) is 0.222. The van der Waals surface area contributed by atoms with E-state index in [2.05, 4.69) is 15.3 Å². The van der Waals surface area contributed by atoms with Crippen LogP contribution in [0.1, 0.15) is 17.8 Å². The van der Waals surface area contributed by atoms with Crippen LogP contribution in [-0.2, 0) is 6.42 Å². The lowest BCUT2D eigenvalue weighted by Gasteiger charge is -2.11. The summed E-state index contributed by atoms with van der Waals surface area (Å²) in [7, 11) is 0. The minimum absolute atomic E-state index is 0.0785. The van der Waals surface area contributed by atoms with Crippen molar-refractivity contribution in [3.05, 3.63) is 74.1 Å². The van der Waals surface area contributed by atoms with Gasteiger partial charge in [0, 0.05) is 41.2 Å². The summed E-state index contributed by atoms with van der Waals surface area (Å²) in [5, 5.41) is 15.3. The molecule has 0 amide bonds. The lowest BCUT2D eigenvalue weighted by molar-refractivity contribution is -0.384. The van der Waals surface area contributed by atoms with Crippen LogP contribution in [0.5, 0.6) is 0 Å². The normalized spacial score (nSPS) is 11.1. The average molecular weight is 472 g/mol. The number of fused-ring (bicyclic) bond motifs is 1. The Morgan fingerprint density at radius 3 is 2.69 bits per heavy atom. The zero-order valence-electron chi connectivity index (χ0n) is 17.0. The average Bonchev–Trinajstić information content (AvgIpc) is 3.11. The SMILES string of the molecule is Cc1cn2c(NCCCc3ccc([N+](=O)[O-])c(N)n3)nc(-c3ccc(Cl)cc3Cl)cc2n1. The van der Waals surface area contributed by atoms with E-state index >= 15 is 0 Å². The standard InChI is InChI=1S/C21H19Cl2N7O2/c1-12-11-29-19(26-12)10-17(15-6-4-13(22)9-16(15)23)28-21(29)25-8-2-3-14-5-7-18(30(31)32)20(24)27-14/h4-7,9-11H,2-3,8H2,1H3,(H2,24,27)(H,25,28). The van der Waals surface area contributed by atoms with Crippen LogP contribution in [-0.4, -0.2) is 30.8 Å². The van der Waals surface area contributed by atoms with Gasteiger partial charge in [0.2, 0.25) is 11.8 Å². The molecule has 0 saturated heterocycles. The molecule has 32 heavy (non-hydrogen) atoms. The molecule has 9 nitrogen and oxygen atoms in total. The highest BCUT2D eigenvalue weighted by molar-refractivity contribution is 6.36. The molecule has 3 heterocycles. The van der Waals surface area contributed by atoms with Crippen LogP contribution in [0.15, 0.2) is 42.6 Å². The molecule has 164 valence electrons. The number of aryl methyl sites for hydroxylation is 2. The molecular weight excluding hydrogens is 453 g/mol. The van der Waals surface area contributed by atoms with Crippen LogP contribution in [0.4, 0.5) is 17.5 Å². The Bertz CT molecular complexity index is 1320. The fourth-order valence-electron chi connectivity index (χ4n) is 3.34. The highest BCUT2D eigenvalue weighted by Gasteiger charge is 2.14. The second-order valence-electron chi connectivity index (χ2n) is 7.19. The third kappa shape index (κ3) is 4.58. The summed E-state index contributed by atoms with van der Waals surface area (Å²) in [4.78, 5) is 23.7. The number of halogens is 2. The summed E-state index contributed by atoms with van der Waals surface area (Å²) < 4.78 is 1.88. The van der Waals surface area contributed by atoms with E-state index in [-0.39, 0.29) is 11.5 Å². The third-order valence-corrected chi connectivity index (χ3v) is 5.38. The van der Waals surface area contributed by atoms with Crippen molar-refractivity contribution in [3.63, 3.8) is 0 Å². The second-order valence-corrected chi connectivity index (χ2v) is 8.04. The molecular formula is C21H19Cl2N7O2. The first-order valence-electron chi connectivity index (χ1n) is 9.77. The van der Waals surface area contributed by atoms with Crippen molar-refractivity contribution in [2.75, 3.05) is 17.6 Å². The van der Waals surface area contributed by atoms with E-state index in [0.29, 0.717) is 46.8 Å². The van der Waals surface area contributed by atoms with E-state index in [1.165, 1.54) is 6.07 Å². The van der Waals surface area contributed by atoms with E-state index in [1.807, 2.05) is 29.7 Å². The number of hydrogen-bond donors (Lipinski definition) is 2. The smallest absolute Gasteiger partial charge is 0.311 e. The first kappa shape index (κ1) is 21.8. The summed E-state index contributed by atoms with van der Waals surface area (Å²) in [6.07, 6.45) is 3.22. The Labute approximate surface area is 193 Å². The topological polar surface area (TPSA) is 124 Å². The number of nitrogens with two attached hydrogens (primary N) is 1. The first-order chi connectivity index (χ1) is 15.3. The Hall–Kier alpha value is -3.43. The molecule has 0 aliphatic heterocycles. The number of rotatable bonds is 7. The highest BCUT2D eigenvalue weighted by atomic mass is 35.5. The monoisotopic (exact) mass is 471 g/mol. The first-order valence-corrected chi connectivity index (χ1v) is 10.5. The van der Waals surface area contributed by atoms with Gasteiger partial charge in [0.15, 0.2) is 0 Å². The molecule has 11 heteroatoms. The maximum atomic E-state index is 10.9. The predicted molar refractivity (Wildman–Crippen MR) is 125 cm³/mol. The Morgan fingerprint density at radius 1 is 1.16 bits per heavy atom. The lowest BCUT2D eigenvalue weighted by atomic mass is 10.1. The van der Waals surface area contributed by atoms with Gasteiger partial charge in [-0.25, -0.2) is 15.0 Å². The van der Waals surface area contributed by atoms with Crippen LogP contribution in [0, 0.1) is 17.0 Å². The van der Waals surface area contributed by atoms with Crippen molar-refractivity contribution < 1.29 is 4.92 Å². The number of nitrogens with one attached hydrogen (secondary N) is 1. The largest absolute Gasteiger partial charge is 0.378 e. The number of aromatic nitrogens is 4. The number of pyridine rings is 1. The molecule has 0 aliphatic rings. The van der Waals surface area contributed by atoms with Gasteiger partial charge in [0.25, 0.3) is 0 Å². The molecule has 0 spiro atoms. The molecule has 4 aromatic rings. The van der Waals surface area contributed by atoms with Crippen molar-refractivity contribution in [2.45, 2.75) is 19.8 Å². The van der Waals surface area contributed by atoms with Crippen molar-refractivity contribution in [1.29, 1.82) is 0 Å². The van der Waals surface area contributed by atoms with Crippen LogP contribution < -0.4 is 11.1 Å². The maximum Gasteiger partial charge on any atom is 0.311 e. The maximum absolute atomic E-state index is 10.9. The molecule has 0 bridgehead atoms. The van der Waals surface area contributed by atoms with Gasteiger partial charge in [-0.1, -0.05) is 23.2 Å². The fourth-order valence-corrected chi connectivity index (χ4v) is 3.85. The molecule has 3 aromatic heterocycles. The molecule has 0 saturated carbocycles. The molecule has 0 atom stereocenters. The summed E-state index contributed by atoms with van der Waals surface area (Å²) in [6.45, 7) is 2.51. The summed E-state index contributed by atoms with van der Waals surface area (Å²) in [5.41, 5.74) is 9.21. The van der Waals surface area contributed by atoms with Crippen molar-refractivity contribution in [1.82, 2.24) is 19.4 Å². The minimum Gasteiger partial charge on any atom is -0.378 e.